The molecular weight excluding hydrogens is 686 g/mol. The van der Waals surface area contributed by atoms with Crippen molar-refractivity contribution in [2.45, 2.75) is 51.9 Å². The molecule has 6 rings (SSSR count). The zero-order chi connectivity index (χ0) is 35.7. The summed E-state index contributed by atoms with van der Waals surface area (Å²) in [6.07, 6.45) is 10.6. The van der Waals surface area contributed by atoms with Gasteiger partial charge in [0.05, 0.1) is 23.4 Å². The number of aromatic nitrogens is 4. The van der Waals surface area contributed by atoms with E-state index in [4.69, 9.17) is 11.2 Å². The summed E-state index contributed by atoms with van der Waals surface area (Å²) in [5, 5.41) is 23.7. The fraction of sp³-hybridized carbons (Fsp3) is 0.342. The maximum atomic E-state index is 14.8. The molecule has 3 aromatic heterocycles. The molecule has 0 aliphatic carbocycles. The second-order valence-electron chi connectivity index (χ2n) is 12.2. The van der Waals surface area contributed by atoms with Gasteiger partial charge in [-0.25, -0.2) is 19.2 Å². The number of thiazole rings is 2. The molecule has 4 heterocycles. The Morgan fingerprint density at radius 2 is 2.02 bits per heavy atom. The molecule has 0 unspecified atom stereocenters. The first-order valence-electron chi connectivity index (χ1n) is 16.8. The Morgan fingerprint density at radius 3 is 2.82 bits per heavy atom. The minimum absolute atomic E-state index is 0.00764. The summed E-state index contributed by atoms with van der Waals surface area (Å²) in [6.45, 7) is 4.35. The second kappa shape index (κ2) is 16.8. The van der Waals surface area contributed by atoms with Crippen LogP contribution in [-0.2, 0) is 12.8 Å². The standard InChI is InChI=1S/C38H38FN7O3S2/c1-4-5-6-9-20-45(3)21-10-13-26-18-19-30(28(39)24-26)49-23-12-17-32-33(36(47)48)41-38(51-32)46-22-11-14-27-25(2)34(43-44-35(27)46)42-37-40-29-15-7-8-16-31(29)50-37/h1,7-8,15-16,18-19,24H,5-6,9,11-12,14,17,20-23H2,2-3H3,(H,47,48)(H,40,42,43). The molecule has 1 aliphatic heterocycles. The lowest BCUT2D eigenvalue weighted by Gasteiger charge is -2.28. The Balaban J connectivity index is 1.06. The number of terminal acetylenes is 1. The molecule has 0 amide bonds. The molecule has 2 N–H and O–H groups in total. The number of nitrogens with one attached hydrogen (secondary N) is 1. The normalized spacial score (nSPS) is 12.3. The molecule has 5 aromatic rings. The summed E-state index contributed by atoms with van der Waals surface area (Å²) in [7, 11) is 2.00. The Morgan fingerprint density at radius 1 is 1.16 bits per heavy atom. The average Bonchev–Trinajstić information content (AvgIpc) is 3.74. The summed E-state index contributed by atoms with van der Waals surface area (Å²) < 4.78 is 21.6. The van der Waals surface area contributed by atoms with Gasteiger partial charge in [-0.05, 0) is 89.4 Å². The Bertz CT molecular complexity index is 2100. The monoisotopic (exact) mass is 723 g/mol. The molecule has 0 atom stereocenters. The van der Waals surface area contributed by atoms with Gasteiger partial charge in [0.1, 0.15) is 0 Å². The smallest absolute Gasteiger partial charge is 0.355 e. The number of hydrogen-bond acceptors (Lipinski definition) is 11. The van der Waals surface area contributed by atoms with Crippen molar-refractivity contribution in [1.82, 2.24) is 25.1 Å². The number of aryl methyl sites for hydroxylation is 1. The van der Waals surface area contributed by atoms with Crippen LogP contribution in [0.4, 0.5) is 26.3 Å². The topological polar surface area (TPSA) is 117 Å². The van der Waals surface area contributed by atoms with Crippen molar-refractivity contribution < 1.29 is 19.0 Å². The highest BCUT2D eigenvalue weighted by atomic mass is 32.1. The minimum atomic E-state index is -1.10. The van der Waals surface area contributed by atoms with Gasteiger partial charge in [-0.15, -0.1) is 33.9 Å². The predicted molar refractivity (Wildman–Crippen MR) is 201 cm³/mol. The van der Waals surface area contributed by atoms with Crippen molar-refractivity contribution in [1.29, 1.82) is 0 Å². The molecule has 10 nitrogen and oxygen atoms in total. The Hall–Kier alpha value is -5.08. The van der Waals surface area contributed by atoms with Crippen LogP contribution in [0.3, 0.4) is 0 Å². The quantitative estimate of drug-likeness (QED) is 0.0876. The van der Waals surface area contributed by atoms with Gasteiger partial charge in [0.2, 0.25) is 0 Å². The van der Waals surface area contributed by atoms with Crippen molar-refractivity contribution >= 4 is 60.8 Å². The van der Waals surface area contributed by atoms with E-state index in [1.54, 1.807) is 23.5 Å². The number of benzene rings is 2. The molecule has 0 saturated heterocycles. The SMILES string of the molecule is C#CCCCCN(C)CC#Cc1ccc(OCCCc2sc(N3CCCc4c3nnc(Nc3nc5ccccc5s3)c4C)nc2C(=O)O)c(F)c1. The highest BCUT2D eigenvalue weighted by Gasteiger charge is 2.28. The maximum Gasteiger partial charge on any atom is 0.355 e. The molecule has 0 fully saturated rings. The molecule has 262 valence electrons. The maximum absolute atomic E-state index is 14.8. The molecule has 51 heavy (non-hydrogen) atoms. The van der Waals surface area contributed by atoms with Gasteiger partial charge in [-0.1, -0.05) is 35.3 Å². The number of ether oxygens (including phenoxy) is 1. The number of para-hydroxylation sites is 1. The predicted octanol–water partition coefficient (Wildman–Crippen LogP) is 7.61. The van der Waals surface area contributed by atoms with Crippen molar-refractivity contribution in [3.05, 3.63) is 75.5 Å². The first-order chi connectivity index (χ1) is 24.8. The van der Waals surface area contributed by atoms with Crippen molar-refractivity contribution in [3.63, 3.8) is 0 Å². The highest BCUT2D eigenvalue weighted by Crippen LogP contribution is 2.39. The van der Waals surface area contributed by atoms with Crippen LogP contribution in [0.5, 0.6) is 5.75 Å². The van der Waals surface area contributed by atoms with Gasteiger partial charge < -0.3 is 20.1 Å². The zero-order valence-electron chi connectivity index (χ0n) is 28.5. The van der Waals surface area contributed by atoms with Gasteiger partial charge in [-0.2, -0.15) is 0 Å². The number of nitrogens with zero attached hydrogens (tertiary/aromatic N) is 6. The summed E-state index contributed by atoms with van der Waals surface area (Å²) in [6, 6.07) is 12.6. The van der Waals surface area contributed by atoms with Crippen LogP contribution in [0.2, 0.25) is 0 Å². The third-order valence-corrected chi connectivity index (χ3v) is 10.5. The molecule has 0 radical (unpaired) electrons. The summed E-state index contributed by atoms with van der Waals surface area (Å²) >= 11 is 2.88. The lowest BCUT2D eigenvalue weighted by atomic mass is 10.0. The van der Waals surface area contributed by atoms with E-state index in [1.165, 1.54) is 17.4 Å². The number of aromatic carboxylic acids is 1. The Labute approximate surface area is 304 Å². The molecule has 0 bridgehead atoms. The molecule has 0 spiro atoms. The van der Waals surface area contributed by atoms with Crippen LogP contribution >= 0.6 is 22.7 Å². The van der Waals surface area contributed by atoms with Crippen LogP contribution in [-0.4, -0.2) is 69.4 Å². The van der Waals surface area contributed by atoms with Crippen LogP contribution in [0, 0.1) is 36.9 Å². The van der Waals surface area contributed by atoms with E-state index in [9.17, 15) is 14.3 Å². The van der Waals surface area contributed by atoms with E-state index in [0.717, 1.165) is 65.1 Å². The lowest BCUT2D eigenvalue weighted by molar-refractivity contribution is 0.0690. The van der Waals surface area contributed by atoms with E-state index >= 15 is 0 Å². The van der Waals surface area contributed by atoms with Gasteiger partial charge in [0.25, 0.3) is 0 Å². The Kier molecular flexibility index (Phi) is 11.7. The van der Waals surface area contributed by atoms with Crippen molar-refractivity contribution in [3.8, 4) is 29.9 Å². The molecular formula is C38H38FN7O3S2. The first-order valence-corrected chi connectivity index (χ1v) is 18.5. The summed E-state index contributed by atoms with van der Waals surface area (Å²) in [4.78, 5) is 26.1. The number of unbranched alkanes of at least 4 members (excludes halogenated alkanes) is 2. The van der Waals surface area contributed by atoms with Crippen molar-refractivity contribution in [2.24, 2.45) is 0 Å². The second-order valence-corrected chi connectivity index (χ2v) is 14.3. The minimum Gasteiger partial charge on any atom is -0.491 e. The van der Waals surface area contributed by atoms with E-state index in [2.05, 4.69) is 48.1 Å². The average molecular weight is 724 g/mol. The number of halogens is 1. The highest BCUT2D eigenvalue weighted by molar-refractivity contribution is 7.22. The number of rotatable bonds is 14. The van der Waals surface area contributed by atoms with Gasteiger partial charge in [0.15, 0.2) is 39.2 Å². The fourth-order valence-electron chi connectivity index (χ4n) is 5.78. The molecule has 1 aliphatic rings. The van der Waals surface area contributed by atoms with Crippen LogP contribution in [0.15, 0.2) is 42.5 Å². The third kappa shape index (κ3) is 8.81. The first kappa shape index (κ1) is 35.7. The van der Waals surface area contributed by atoms with Crippen LogP contribution < -0.4 is 15.0 Å². The lowest BCUT2D eigenvalue weighted by Crippen LogP contribution is -2.27. The number of anilines is 4. The van der Waals surface area contributed by atoms with Crippen LogP contribution in [0.1, 0.15) is 64.2 Å². The van der Waals surface area contributed by atoms with Gasteiger partial charge in [0, 0.05) is 34.5 Å². The van der Waals surface area contributed by atoms with E-state index < -0.39 is 11.8 Å². The molecule has 2 aromatic carbocycles. The summed E-state index contributed by atoms with van der Waals surface area (Å²) in [5.74, 6) is 8.61. The third-order valence-electron chi connectivity index (χ3n) is 8.46. The number of carboxylic acid groups (broad SMARTS) is 1. The number of hydrogen-bond donors (Lipinski definition) is 2. The van der Waals surface area contributed by atoms with E-state index in [1.807, 2.05) is 43.1 Å². The number of carbonyl (C=O) groups is 1. The van der Waals surface area contributed by atoms with Crippen molar-refractivity contribution in [2.75, 3.05) is 43.5 Å². The van der Waals surface area contributed by atoms with E-state index in [-0.39, 0.29) is 18.1 Å². The summed E-state index contributed by atoms with van der Waals surface area (Å²) in [5.41, 5.74) is 3.52. The van der Waals surface area contributed by atoms with Gasteiger partial charge >= 0.3 is 5.97 Å². The van der Waals surface area contributed by atoms with E-state index in [0.29, 0.717) is 53.1 Å². The van der Waals surface area contributed by atoms with Gasteiger partial charge in [-0.3, -0.25) is 4.90 Å². The largest absolute Gasteiger partial charge is 0.491 e. The zero-order valence-corrected chi connectivity index (χ0v) is 30.2. The molecule has 13 heteroatoms. The number of carboxylic acids is 1. The van der Waals surface area contributed by atoms with Crippen LogP contribution in [0.25, 0.3) is 10.2 Å². The fourth-order valence-corrected chi connectivity index (χ4v) is 7.76. The molecule has 0 saturated carbocycles. The number of fused-ring (bicyclic) bond motifs is 2.